The quantitative estimate of drug-likeness (QED) is 0.392. The third-order valence-corrected chi connectivity index (χ3v) is 6.74. The smallest absolute Gasteiger partial charge is 0.444 e. The first kappa shape index (κ1) is 29.5. The maximum Gasteiger partial charge on any atom is 0.516 e. The van der Waals surface area contributed by atoms with Gasteiger partial charge < -0.3 is 19.5 Å². The highest BCUT2D eigenvalue weighted by Gasteiger charge is 2.53. The molecule has 192 valence electrons. The van der Waals surface area contributed by atoms with Gasteiger partial charge in [0.05, 0.1) is 6.61 Å². The van der Waals surface area contributed by atoms with E-state index >= 15 is 0 Å². The lowest BCUT2D eigenvalue weighted by Gasteiger charge is -2.44. The third kappa shape index (κ3) is 6.30. The van der Waals surface area contributed by atoms with Gasteiger partial charge in [0, 0.05) is 5.41 Å². The predicted octanol–water partition coefficient (Wildman–Crippen LogP) is 6.13. The van der Waals surface area contributed by atoms with Crippen LogP contribution in [0.4, 0.5) is 9.59 Å². The van der Waals surface area contributed by atoms with Gasteiger partial charge >= 0.3 is 18.2 Å². The van der Waals surface area contributed by atoms with Gasteiger partial charge in [-0.25, -0.2) is 14.4 Å². The van der Waals surface area contributed by atoms with Gasteiger partial charge in [-0.3, -0.25) is 0 Å². The molecule has 1 atom stereocenters. The summed E-state index contributed by atoms with van der Waals surface area (Å²) < 4.78 is 15.6. The first-order valence-corrected chi connectivity index (χ1v) is 11.7. The van der Waals surface area contributed by atoms with Crippen molar-refractivity contribution in [1.29, 1.82) is 0 Å². The molecule has 0 spiro atoms. The normalized spacial score (nSPS) is 13.8. The molecule has 1 N–H and O–H groups in total. The van der Waals surface area contributed by atoms with E-state index in [4.69, 9.17) is 14.2 Å². The van der Waals surface area contributed by atoms with E-state index < -0.39 is 34.8 Å². The summed E-state index contributed by atoms with van der Waals surface area (Å²) in [4.78, 5) is 38.6. The van der Waals surface area contributed by atoms with Crippen LogP contribution in [0.15, 0.2) is 0 Å². The Morgan fingerprint density at radius 2 is 1.24 bits per heavy atom. The Balaban J connectivity index is 3.63. The molecule has 1 amide bonds. The number of nitrogens with one attached hydrogen (secondary N) is 1. The van der Waals surface area contributed by atoms with Gasteiger partial charge in [0.15, 0.2) is 0 Å². The number of esters is 1. The molecule has 34 heavy (non-hydrogen) atoms. The van der Waals surface area contributed by atoms with Crippen molar-refractivity contribution in [3.05, 3.63) is 33.4 Å². The van der Waals surface area contributed by atoms with Crippen molar-refractivity contribution < 1.29 is 28.6 Å². The Labute approximate surface area is 204 Å². The van der Waals surface area contributed by atoms with E-state index in [0.717, 1.165) is 27.8 Å². The highest BCUT2D eigenvalue weighted by Crippen LogP contribution is 2.42. The second-order valence-electron chi connectivity index (χ2n) is 11.2. The van der Waals surface area contributed by atoms with E-state index in [9.17, 15) is 14.4 Å². The summed E-state index contributed by atoms with van der Waals surface area (Å²) in [7, 11) is 0. The predicted molar refractivity (Wildman–Crippen MR) is 133 cm³/mol. The molecule has 1 aromatic rings. The Morgan fingerprint density at radius 1 is 0.794 bits per heavy atom. The van der Waals surface area contributed by atoms with Crippen LogP contribution >= 0.6 is 0 Å². The average Bonchev–Trinajstić information content (AvgIpc) is 2.67. The van der Waals surface area contributed by atoms with Gasteiger partial charge in [-0.2, -0.15) is 0 Å². The van der Waals surface area contributed by atoms with Crippen LogP contribution in [0.5, 0.6) is 0 Å². The summed E-state index contributed by atoms with van der Waals surface area (Å²) in [6.07, 6.45) is -1.89. The van der Waals surface area contributed by atoms with Gasteiger partial charge in [-0.05, 0) is 102 Å². The van der Waals surface area contributed by atoms with Crippen molar-refractivity contribution in [2.75, 3.05) is 6.61 Å². The summed E-state index contributed by atoms with van der Waals surface area (Å²) >= 11 is 0. The summed E-state index contributed by atoms with van der Waals surface area (Å²) in [6.45, 7) is 24.5. The van der Waals surface area contributed by atoms with Crippen molar-refractivity contribution in [2.24, 2.45) is 5.92 Å². The molecule has 1 rings (SSSR count). The Morgan fingerprint density at radius 3 is 1.65 bits per heavy atom. The zero-order valence-electron chi connectivity index (χ0n) is 23.2. The van der Waals surface area contributed by atoms with Crippen molar-refractivity contribution in [2.45, 2.75) is 107 Å². The van der Waals surface area contributed by atoms with Crippen LogP contribution in [-0.4, -0.2) is 36.0 Å². The van der Waals surface area contributed by atoms with Gasteiger partial charge in [-0.1, -0.05) is 27.7 Å². The fourth-order valence-corrected chi connectivity index (χ4v) is 4.10. The zero-order valence-corrected chi connectivity index (χ0v) is 23.2. The highest BCUT2D eigenvalue weighted by atomic mass is 16.7. The molecule has 7 heteroatoms. The number of rotatable bonds is 6. The van der Waals surface area contributed by atoms with E-state index in [-0.39, 0.29) is 12.5 Å². The topological polar surface area (TPSA) is 90.9 Å². The number of hydrogen-bond acceptors (Lipinski definition) is 6. The average molecular weight is 478 g/mol. The molecule has 1 unspecified atom stereocenters. The SMILES string of the molecule is Cc1c(C)c(C)c(C(C)(C)C(C)(NC(=O)OC(C)(C)C)C(=O)OC(=O)OCC(C)C)c(C)c1C. The minimum Gasteiger partial charge on any atom is -0.444 e. The van der Waals surface area contributed by atoms with E-state index in [1.807, 2.05) is 55.4 Å². The lowest BCUT2D eigenvalue weighted by Crippen LogP contribution is -2.64. The molecular formula is C27H43NO6. The van der Waals surface area contributed by atoms with Crippen molar-refractivity contribution >= 4 is 18.2 Å². The first-order valence-electron chi connectivity index (χ1n) is 11.7. The molecule has 0 radical (unpaired) electrons. The molecular weight excluding hydrogens is 434 g/mol. The van der Waals surface area contributed by atoms with Crippen LogP contribution in [0.3, 0.4) is 0 Å². The highest BCUT2D eigenvalue weighted by molar-refractivity contribution is 5.93. The minimum absolute atomic E-state index is 0.0779. The standard InChI is InChI=1S/C27H43NO6/c1-15(2)14-32-24(31)33-22(29)27(13,28-23(30)34-25(8,9)10)26(11,12)21-19(6)17(4)16(3)18(5)20(21)7/h15H,14H2,1-13H3,(H,28,30). The van der Waals surface area contributed by atoms with Gasteiger partial charge in [0.1, 0.15) is 11.1 Å². The Bertz CT molecular complexity index is 926. The number of benzene rings is 1. The van der Waals surface area contributed by atoms with E-state index in [0.29, 0.717) is 0 Å². The second-order valence-corrected chi connectivity index (χ2v) is 11.2. The maximum atomic E-state index is 13.5. The van der Waals surface area contributed by atoms with Gasteiger partial charge in [-0.15, -0.1) is 0 Å². The first-order chi connectivity index (χ1) is 15.3. The maximum absolute atomic E-state index is 13.5. The molecule has 1 aromatic carbocycles. The van der Waals surface area contributed by atoms with Crippen molar-refractivity contribution in [1.82, 2.24) is 5.32 Å². The van der Waals surface area contributed by atoms with E-state index in [2.05, 4.69) is 12.2 Å². The van der Waals surface area contributed by atoms with E-state index in [1.54, 1.807) is 27.7 Å². The van der Waals surface area contributed by atoms with Crippen LogP contribution in [0, 0.1) is 40.5 Å². The molecule has 0 fully saturated rings. The lowest BCUT2D eigenvalue weighted by molar-refractivity contribution is -0.150. The fraction of sp³-hybridized carbons (Fsp3) is 0.667. The molecule has 7 nitrogen and oxygen atoms in total. The summed E-state index contributed by atoms with van der Waals surface area (Å²) in [6, 6.07) is 0. The Kier molecular flexibility index (Phi) is 8.98. The fourth-order valence-electron chi connectivity index (χ4n) is 4.10. The van der Waals surface area contributed by atoms with Crippen LogP contribution in [0.2, 0.25) is 0 Å². The molecule has 0 aliphatic rings. The molecule has 0 saturated carbocycles. The Hall–Kier alpha value is -2.57. The monoisotopic (exact) mass is 477 g/mol. The summed E-state index contributed by atoms with van der Waals surface area (Å²) in [5.41, 5.74) is 2.89. The summed E-state index contributed by atoms with van der Waals surface area (Å²) in [5.74, 6) is -0.846. The second kappa shape index (κ2) is 10.4. The van der Waals surface area contributed by atoms with Crippen LogP contribution < -0.4 is 5.32 Å². The number of carbonyl (C=O) groups excluding carboxylic acids is 3. The van der Waals surface area contributed by atoms with Gasteiger partial charge in [0.25, 0.3) is 0 Å². The summed E-state index contributed by atoms with van der Waals surface area (Å²) in [5, 5.41) is 2.72. The largest absolute Gasteiger partial charge is 0.516 e. The molecule has 0 aliphatic carbocycles. The van der Waals surface area contributed by atoms with Gasteiger partial charge in [0.2, 0.25) is 0 Å². The molecule has 0 aromatic heterocycles. The third-order valence-electron chi connectivity index (χ3n) is 6.74. The van der Waals surface area contributed by atoms with Crippen LogP contribution in [0.1, 0.15) is 88.8 Å². The van der Waals surface area contributed by atoms with Crippen molar-refractivity contribution in [3.8, 4) is 0 Å². The molecule has 0 aliphatic heterocycles. The lowest BCUT2D eigenvalue weighted by atomic mass is 9.64. The van der Waals surface area contributed by atoms with Crippen LogP contribution in [0.25, 0.3) is 0 Å². The molecule has 0 saturated heterocycles. The minimum atomic E-state index is -1.66. The number of amides is 1. The zero-order chi connectivity index (χ0) is 26.8. The number of carbonyl (C=O) groups is 3. The number of ether oxygens (including phenoxy) is 3. The molecule has 0 bridgehead atoms. The van der Waals surface area contributed by atoms with Crippen LogP contribution in [-0.2, 0) is 24.4 Å². The van der Waals surface area contributed by atoms with E-state index in [1.165, 1.54) is 5.56 Å². The number of alkyl carbamates (subject to hydrolysis) is 1. The molecule has 0 heterocycles. The number of hydrogen-bond donors (Lipinski definition) is 1. The van der Waals surface area contributed by atoms with Crippen molar-refractivity contribution in [3.63, 3.8) is 0 Å².